The Morgan fingerprint density at radius 2 is 2.06 bits per heavy atom. The van der Waals surface area contributed by atoms with Crippen molar-refractivity contribution in [1.82, 2.24) is 25.5 Å². The molecule has 1 fully saturated rings. The van der Waals surface area contributed by atoms with Gasteiger partial charge in [0.25, 0.3) is 0 Å². The number of nitrogens with one attached hydrogen (secondary N) is 1. The average Bonchev–Trinajstić information content (AvgIpc) is 3.38. The standard InChI is InChI=1S/C21H21FN6O3S/c1-13(29)23-10-17-12-27(21(30)31-17)16-7-8-18(19(22)9-16)15-5-3-14(4-6-15)11-28-20(32-2)24-25-26-28/h3-9,17H,10-12H2,1-2H3,(H,23,29)/t17-/m0/s1. The fourth-order valence-electron chi connectivity index (χ4n) is 3.41. The maximum absolute atomic E-state index is 14.9. The Morgan fingerprint density at radius 3 is 2.75 bits per heavy atom. The Labute approximate surface area is 187 Å². The van der Waals surface area contributed by atoms with E-state index in [4.69, 9.17) is 4.74 Å². The number of rotatable bonds is 7. The van der Waals surface area contributed by atoms with Crippen LogP contribution >= 0.6 is 11.8 Å². The molecule has 1 N–H and O–H groups in total. The average molecular weight is 457 g/mol. The summed E-state index contributed by atoms with van der Waals surface area (Å²) in [6, 6.07) is 12.1. The predicted molar refractivity (Wildman–Crippen MR) is 117 cm³/mol. The number of hydrogen-bond acceptors (Lipinski definition) is 7. The van der Waals surface area contributed by atoms with E-state index in [1.54, 1.807) is 16.8 Å². The summed E-state index contributed by atoms with van der Waals surface area (Å²) in [5, 5.41) is 14.9. The smallest absolute Gasteiger partial charge is 0.414 e. The number of nitrogens with zero attached hydrogens (tertiary/aromatic N) is 5. The molecule has 2 aromatic carbocycles. The lowest BCUT2D eigenvalue weighted by Crippen LogP contribution is -2.33. The molecule has 2 amide bonds. The molecule has 0 radical (unpaired) electrons. The summed E-state index contributed by atoms with van der Waals surface area (Å²) in [5.41, 5.74) is 2.53. The molecule has 1 aliphatic heterocycles. The first-order chi connectivity index (χ1) is 15.4. The minimum Gasteiger partial charge on any atom is -0.442 e. The Morgan fingerprint density at radius 1 is 1.28 bits per heavy atom. The fourth-order valence-corrected chi connectivity index (χ4v) is 3.84. The number of thioether (sulfide) groups is 1. The van der Waals surface area contributed by atoms with Gasteiger partial charge in [0.1, 0.15) is 11.9 Å². The SMILES string of the molecule is CSc1nnnn1Cc1ccc(-c2ccc(N3C[C@H](CNC(C)=O)OC3=O)cc2F)cc1. The summed E-state index contributed by atoms with van der Waals surface area (Å²) in [4.78, 5) is 24.6. The van der Waals surface area contributed by atoms with Gasteiger partial charge in [-0.15, -0.1) is 5.10 Å². The number of tetrazole rings is 1. The monoisotopic (exact) mass is 456 g/mol. The highest BCUT2D eigenvalue weighted by molar-refractivity contribution is 7.98. The van der Waals surface area contributed by atoms with Crippen LogP contribution in [0.4, 0.5) is 14.9 Å². The Kier molecular flexibility index (Phi) is 6.35. The number of hydrogen-bond donors (Lipinski definition) is 1. The third-order valence-corrected chi connectivity index (χ3v) is 5.65. The number of ether oxygens (including phenoxy) is 1. The van der Waals surface area contributed by atoms with Gasteiger partial charge in [-0.3, -0.25) is 9.69 Å². The van der Waals surface area contributed by atoms with Crippen molar-refractivity contribution in [2.75, 3.05) is 24.2 Å². The Balaban J connectivity index is 1.46. The molecule has 9 nitrogen and oxygen atoms in total. The number of amides is 2. The highest BCUT2D eigenvalue weighted by Gasteiger charge is 2.32. The van der Waals surface area contributed by atoms with Crippen molar-refractivity contribution in [2.45, 2.75) is 24.7 Å². The molecule has 0 unspecified atom stereocenters. The topological polar surface area (TPSA) is 102 Å². The molecule has 32 heavy (non-hydrogen) atoms. The lowest BCUT2D eigenvalue weighted by Gasteiger charge is -2.15. The molecular weight excluding hydrogens is 435 g/mol. The van der Waals surface area contributed by atoms with Crippen molar-refractivity contribution >= 4 is 29.4 Å². The van der Waals surface area contributed by atoms with Crippen molar-refractivity contribution in [3.63, 3.8) is 0 Å². The first-order valence-corrected chi connectivity index (χ1v) is 11.1. The quantitative estimate of drug-likeness (QED) is 0.546. The lowest BCUT2D eigenvalue weighted by atomic mass is 10.0. The molecule has 2 heterocycles. The number of halogens is 1. The van der Waals surface area contributed by atoms with E-state index in [2.05, 4.69) is 20.8 Å². The Bertz CT molecular complexity index is 1140. The lowest BCUT2D eigenvalue weighted by molar-refractivity contribution is -0.119. The van der Waals surface area contributed by atoms with Crippen molar-refractivity contribution in [2.24, 2.45) is 0 Å². The number of aromatic nitrogens is 4. The molecule has 4 rings (SSSR count). The van der Waals surface area contributed by atoms with Gasteiger partial charge in [0.2, 0.25) is 11.1 Å². The van der Waals surface area contributed by atoms with Crippen LogP contribution in [0, 0.1) is 5.82 Å². The second kappa shape index (κ2) is 9.35. The normalized spacial score (nSPS) is 15.7. The van der Waals surface area contributed by atoms with E-state index in [0.717, 1.165) is 10.7 Å². The second-order valence-corrected chi connectivity index (χ2v) is 8.01. The van der Waals surface area contributed by atoms with Crippen LogP contribution in [-0.2, 0) is 16.1 Å². The van der Waals surface area contributed by atoms with Crippen molar-refractivity contribution < 1.29 is 18.7 Å². The van der Waals surface area contributed by atoms with E-state index in [1.807, 2.05) is 30.5 Å². The highest BCUT2D eigenvalue weighted by atomic mass is 32.2. The molecular formula is C21H21FN6O3S. The van der Waals surface area contributed by atoms with Crippen LogP contribution in [0.2, 0.25) is 0 Å². The number of carbonyl (C=O) groups is 2. The summed E-state index contributed by atoms with van der Waals surface area (Å²) in [6.07, 6.45) is 0.862. The van der Waals surface area contributed by atoms with Crippen molar-refractivity contribution in [1.29, 1.82) is 0 Å². The van der Waals surface area contributed by atoms with Crippen molar-refractivity contribution in [3.05, 3.63) is 53.8 Å². The highest BCUT2D eigenvalue weighted by Crippen LogP contribution is 2.29. The molecule has 1 saturated heterocycles. The molecule has 1 aromatic heterocycles. The third-order valence-electron chi connectivity index (χ3n) is 5.00. The van der Waals surface area contributed by atoms with Gasteiger partial charge in [0, 0.05) is 12.5 Å². The van der Waals surface area contributed by atoms with Gasteiger partial charge in [0.05, 0.1) is 25.3 Å². The van der Waals surface area contributed by atoms with Gasteiger partial charge in [-0.05, 0) is 46.0 Å². The first kappa shape index (κ1) is 21.8. The molecule has 0 saturated carbocycles. The molecule has 3 aromatic rings. The van der Waals surface area contributed by atoms with Crippen LogP contribution in [0.25, 0.3) is 11.1 Å². The summed E-state index contributed by atoms with van der Waals surface area (Å²) in [5.74, 6) is -0.651. The number of anilines is 1. The molecule has 0 aliphatic carbocycles. The summed E-state index contributed by atoms with van der Waals surface area (Å²) < 4.78 is 21.8. The van der Waals surface area contributed by atoms with Crippen LogP contribution in [0.15, 0.2) is 47.6 Å². The van der Waals surface area contributed by atoms with E-state index in [9.17, 15) is 14.0 Å². The largest absolute Gasteiger partial charge is 0.442 e. The van der Waals surface area contributed by atoms with E-state index in [1.165, 1.54) is 29.7 Å². The zero-order chi connectivity index (χ0) is 22.7. The predicted octanol–water partition coefficient (Wildman–Crippen LogP) is 2.71. The summed E-state index contributed by atoms with van der Waals surface area (Å²) in [6.45, 7) is 2.36. The zero-order valence-electron chi connectivity index (χ0n) is 17.5. The summed E-state index contributed by atoms with van der Waals surface area (Å²) >= 11 is 1.46. The maximum Gasteiger partial charge on any atom is 0.414 e. The molecule has 1 atom stereocenters. The number of carbonyl (C=O) groups excluding carboxylic acids is 2. The van der Waals surface area contributed by atoms with Gasteiger partial charge in [-0.1, -0.05) is 36.0 Å². The fraction of sp³-hybridized carbons (Fsp3) is 0.286. The molecule has 0 bridgehead atoms. The van der Waals surface area contributed by atoms with Gasteiger partial charge in [-0.2, -0.15) is 0 Å². The van der Waals surface area contributed by atoms with E-state index in [-0.39, 0.29) is 19.0 Å². The van der Waals surface area contributed by atoms with E-state index >= 15 is 0 Å². The number of cyclic esters (lactones) is 1. The summed E-state index contributed by atoms with van der Waals surface area (Å²) in [7, 11) is 0. The number of benzene rings is 2. The molecule has 11 heteroatoms. The second-order valence-electron chi connectivity index (χ2n) is 7.24. The molecule has 1 aliphatic rings. The third kappa shape index (κ3) is 4.72. The van der Waals surface area contributed by atoms with Gasteiger partial charge in [0.15, 0.2) is 0 Å². The van der Waals surface area contributed by atoms with Crippen LogP contribution in [0.1, 0.15) is 12.5 Å². The Hall–Kier alpha value is -3.47. The minimum atomic E-state index is -0.566. The van der Waals surface area contributed by atoms with Gasteiger partial charge >= 0.3 is 6.09 Å². The van der Waals surface area contributed by atoms with Crippen LogP contribution in [0.5, 0.6) is 0 Å². The minimum absolute atomic E-state index is 0.205. The maximum atomic E-state index is 14.9. The van der Waals surface area contributed by atoms with Crippen molar-refractivity contribution in [3.8, 4) is 11.1 Å². The van der Waals surface area contributed by atoms with Gasteiger partial charge in [-0.25, -0.2) is 13.9 Å². The first-order valence-electron chi connectivity index (χ1n) is 9.86. The van der Waals surface area contributed by atoms with Gasteiger partial charge < -0.3 is 10.1 Å². The van der Waals surface area contributed by atoms with Crippen LogP contribution in [0.3, 0.4) is 0 Å². The molecule has 0 spiro atoms. The van der Waals surface area contributed by atoms with Crippen LogP contribution < -0.4 is 10.2 Å². The zero-order valence-corrected chi connectivity index (χ0v) is 18.3. The van der Waals surface area contributed by atoms with E-state index in [0.29, 0.717) is 23.4 Å². The molecule has 166 valence electrons. The van der Waals surface area contributed by atoms with E-state index < -0.39 is 18.0 Å². The van der Waals surface area contributed by atoms with Crippen LogP contribution in [-0.4, -0.2) is 57.7 Å².